The summed E-state index contributed by atoms with van der Waals surface area (Å²) in [6, 6.07) is 24.3. The lowest BCUT2D eigenvalue weighted by Gasteiger charge is -2.24. The summed E-state index contributed by atoms with van der Waals surface area (Å²) in [5, 5.41) is 2.61. The third kappa shape index (κ3) is 6.45. The lowest BCUT2D eigenvalue weighted by molar-refractivity contribution is -0.138. The average Bonchev–Trinajstić information content (AvgIpc) is 3.65. The Bertz CT molecular complexity index is 2050. The minimum atomic E-state index is -0.662. The maximum Gasteiger partial charge on any atom is 0.338 e. The van der Waals surface area contributed by atoms with Gasteiger partial charge in [0, 0.05) is 15.5 Å². The van der Waals surface area contributed by atoms with E-state index >= 15 is 0 Å². The first-order chi connectivity index (χ1) is 21.3. The molecule has 5 aromatic rings. The van der Waals surface area contributed by atoms with Crippen LogP contribution in [-0.4, -0.2) is 17.1 Å². The van der Waals surface area contributed by atoms with Crippen molar-refractivity contribution in [3.05, 3.63) is 143 Å². The number of aromatic nitrogens is 1. The van der Waals surface area contributed by atoms with Crippen molar-refractivity contribution in [2.24, 2.45) is 4.99 Å². The van der Waals surface area contributed by atoms with Crippen LogP contribution in [-0.2, 0) is 16.1 Å². The second-order valence-corrected chi connectivity index (χ2v) is 14.4. The van der Waals surface area contributed by atoms with E-state index in [1.165, 1.54) is 22.7 Å². The van der Waals surface area contributed by atoms with E-state index in [1.54, 1.807) is 11.5 Å². The number of thiazole rings is 1. The van der Waals surface area contributed by atoms with Crippen molar-refractivity contribution in [2.45, 2.75) is 19.6 Å². The first-order valence-electron chi connectivity index (χ1n) is 13.5. The molecule has 3 heterocycles. The fourth-order valence-corrected chi connectivity index (χ4v) is 9.06. The molecule has 0 amide bonds. The lowest BCUT2D eigenvalue weighted by Crippen LogP contribution is -2.39. The molecule has 0 radical (unpaired) electrons. The molecule has 0 spiro atoms. The van der Waals surface area contributed by atoms with Crippen molar-refractivity contribution in [1.82, 2.24) is 4.57 Å². The van der Waals surface area contributed by atoms with Gasteiger partial charge >= 0.3 is 5.97 Å². The number of rotatable bonds is 8. The molecule has 0 bridgehead atoms. The van der Waals surface area contributed by atoms with Gasteiger partial charge in [-0.15, -0.1) is 11.3 Å². The van der Waals surface area contributed by atoms with Gasteiger partial charge in [-0.05, 0) is 105 Å². The van der Waals surface area contributed by atoms with Gasteiger partial charge in [-0.25, -0.2) is 9.79 Å². The molecule has 0 saturated carbocycles. The van der Waals surface area contributed by atoms with E-state index in [0.29, 0.717) is 32.2 Å². The minimum Gasteiger partial charge on any atom is -0.487 e. The molecule has 3 aromatic carbocycles. The van der Waals surface area contributed by atoms with Gasteiger partial charge in [0.1, 0.15) is 18.4 Å². The second-order valence-electron chi connectivity index (χ2n) is 9.68. The molecular weight excluding hydrogens is 842 g/mol. The SMILES string of the molecule is CCOC(=O)C1=C(c2ccccc2)N=c2s/c(=C\c3cc(I)c(OCc4cccc(Cl)c4)c(I)c3)c(=O)n2[C@H]1c1cccs1. The molecular formula is C33H23ClI2N2O4S2. The van der Waals surface area contributed by atoms with Gasteiger partial charge in [0.05, 0.1) is 29.5 Å². The molecule has 1 aliphatic rings. The molecule has 0 N–H and O–H groups in total. The van der Waals surface area contributed by atoms with E-state index in [4.69, 9.17) is 26.1 Å². The van der Waals surface area contributed by atoms with Crippen molar-refractivity contribution in [3.8, 4) is 5.75 Å². The topological polar surface area (TPSA) is 69.9 Å². The Morgan fingerprint density at radius 1 is 1.05 bits per heavy atom. The van der Waals surface area contributed by atoms with Gasteiger partial charge in [-0.1, -0.05) is 71.5 Å². The van der Waals surface area contributed by atoms with Gasteiger partial charge in [0.25, 0.3) is 5.56 Å². The Hall–Kier alpha value is -2.78. The standard InChI is InChI=1S/C33H23ClI2N2O4S2/c1-2-41-32(40)27-28(21-9-4-3-5-10-21)37-33-38(29(27)25-12-7-13-43-25)31(39)26(44-33)17-20-15-23(35)30(24(36)16-20)42-18-19-8-6-11-22(34)14-19/h3-17,29H,2,18H2,1H3/b26-17-/t29-/m0/s1. The van der Waals surface area contributed by atoms with Crippen molar-refractivity contribution in [2.75, 3.05) is 6.61 Å². The minimum absolute atomic E-state index is 0.210. The van der Waals surface area contributed by atoms with Crippen molar-refractivity contribution in [3.63, 3.8) is 0 Å². The fourth-order valence-electron chi connectivity index (χ4n) is 4.89. The van der Waals surface area contributed by atoms with Crippen molar-refractivity contribution < 1.29 is 14.3 Å². The Morgan fingerprint density at radius 3 is 2.50 bits per heavy atom. The number of nitrogens with zero attached hydrogens (tertiary/aromatic N) is 2. The van der Waals surface area contributed by atoms with E-state index < -0.39 is 12.0 Å². The summed E-state index contributed by atoms with van der Waals surface area (Å²) in [6.07, 6.45) is 1.87. The molecule has 222 valence electrons. The predicted molar refractivity (Wildman–Crippen MR) is 193 cm³/mol. The Morgan fingerprint density at radius 2 is 1.82 bits per heavy atom. The molecule has 2 aromatic heterocycles. The van der Waals surface area contributed by atoms with Crippen LogP contribution in [0, 0.1) is 7.14 Å². The van der Waals surface area contributed by atoms with Gasteiger partial charge in [-0.2, -0.15) is 0 Å². The first-order valence-corrected chi connectivity index (χ1v) is 17.8. The second kappa shape index (κ2) is 13.7. The number of esters is 1. The first kappa shape index (κ1) is 31.2. The summed E-state index contributed by atoms with van der Waals surface area (Å²) in [5.41, 5.74) is 3.27. The highest BCUT2D eigenvalue weighted by molar-refractivity contribution is 14.1. The van der Waals surface area contributed by atoms with E-state index in [9.17, 15) is 9.59 Å². The third-order valence-corrected chi connectivity index (χ3v) is 10.5. The average molecular weight is 865 g/mol. The van der Waals surface area contributed by atoms with Crippen LogP contribution < -0.4 is 19.6 Å². The largest absolute Gasteiger partial charge is 0.487 e. The van der Waals surface area contributed by atoms with Crippen LogP contribution in [0.25, 0.3) is 11.8 Å². The summed E-state index contributed by atoms with van der Waals surface area (Å²) in [4.78, 5) is 33.9. The molecule has 0 unspecified atom stereocenters. The van der Waals surface area contributed by atoms with Crippen LogP contribution in [0.4, 0.5) is 0 Å². The fraction of sp³-hybridized carbons (Fsp3) is 0.121. The maximum absolute atomic E-state index is 14.1. The molecule has 1 aliphatic heterocycles. The summed E-state index contributed by atoms with van der Waals surface area (Å²) in [6.45, 7) is 2.37. The van der Waals surface area contributed by atoms with Crippen LogP contribution in [0.2, 0.25) is 5.02 Å². The normalized spacial score (nSPS) is 14.7. The van der Waals surface area contributed by atoms with Gasteiger partial charge < -0.3 is 9.47 Å². The molecule has 0 aliphatic carbocycles. The summed E-state index contributed by atoms with van der Waals surface area (Å²) < 4.78 is 15.7. The molecule has 6 nitrogen and oxygen atoms in total. The van der Waals surface area contributed by atoms with Crippen LogP contribution in [0.5, 0.6) is 5.75 Å². The van der Waals surface area contributed by atoms with Gasteiger partial charge in [0.2, 0.25) is 0 Å². The molecule has 11 heteroatoms. The van der Waals surface area contributed by atoms with Crippen LogP contribution in [0.3, 0.4) is 0 Å². The van der Waals surface area contributed by atoms with Gasteiger partial charge in [0.15, 0.2) is 4.80 Å². The molecule has 6 rings (SSSR count). The number of fused-ring (bicyclic) bond motifs is 1. The summed E-state index contributed by atoms with van der Waals surface area (Å²) >= 11 is 13.4. The smallest absolute Gasteiger partial charge is 0.338 e. The maximum atomic E-state index is 14.1. The highest BCUT2D eigenvalue weighted by Gasteiger charge is 2.35. The van der Waals surface area contributed by atoms with Gasteiger partial charge in [-0.3, -0.25) is 9.36 Å². The molecule has 0 fully saturated rings. The van der Waals surface area contributed by atoms with E-state index in [0.717, 1.165) is 34.5 Å². The number of carbonyl (C=O) groups is 1. The van der Waals surface area contributed by atoms with Crippen LogP contribution in [0.15, 0.2) is 99.6 Å². The third-order valence-electron chi connectivity index (χ3n) is 6.78. The van der Waals surface area contributed by atoms with Crippen molar-refractivity contribution in [1.29, 1.82) is 0 Å². The number of hydrogen-bond donors (Lipinski definition) is 0. The summed E-state index contributed by atoms with van der Waals surface area (Å²) in [5.74, 6) is 0.286. The number of thiophene rings is 1. The number of benzene rings is 3. The zero-order valence-corrected chi connectivity index (χ0v) is 29.8. The van der Waals surface area contributed by atoms with E-state index in [2.05, 4.69) is 45.2 Å². The number of halogens is 3. The summed E-state index contributed by atoms with van der Waals surface area (Å²) in [7, 11) is 0. The van der Waals surface area contributed by atoms with Crippen LogP contribution in [0.1, 0.15) is 34.5 Å². The zero-order valence-electron chi connectivity index (χ0n) is 23.1. The number of ether oxygens (including phenoxy) is 2. The Balaban J connectivity index is 1.45. The van der Waals surface area contributed by atoms with E-state index in [1.807, 2.05) is 90.3 Å². The monoisotopic (exact) mass is 864 g/mol. The lowest BCUT2D eigenvalue weighted by atomic mass is 9.97. The number of carbonyl (C=O) groups excluding carboxylic acids is 1. The Labute approximate surface area is 293 Å². The number of hydrogen-bond acceptors (Lipinski definition) is 7. The van der Waals surface area contributed by atoms with E-state index in [-0.39, 0.29) is 12.2 Å². The zero-order chi connectivity index (χ0) is 30.8. The highest BCUT2D eigenvalue weighted by atomic mass is 127. The molecule has 1 atom stereocenters. The molecule has 44 heavy (non-hydrogen) atoms. The molecule has 0 saturated heterocycles. The highest BCUT2D eigenvalue weighted by Crippen LogP contribution is 2.37. The van der Waals surface area contributed by atoms with Crippen LogP contribution >= 0.6 is 79.5 Å². The Kier molecular flexibility index (Phi) is 9.71. The predicted octanol–water partition coefficient (Wildman–Crippen LogP) is 7.44. The van der Waals surface area contributed by atoms with Crippen molar-refractivity contribution >= 4 is 97.2 Å². The quantitative estimate of drug-likeness (QED) is 0.120.